The lowest BCUT2D eigenvalue weighted by molar-refractivity contribution is -0.310. The molecule has 330 valence electrons. The molecule has 58 heavy (non-hydrogen) atoms. The number of carbonyl (C=O) groups is 5. The first-order valence-electron chi connectivity index (χ1n) is 19.1. The summed E-state index contributed by atoms with van der Waals surface area (Å²) < 4.78 is 32.9. The Labute approximate surface area is 342 Å². The van der Waals surface area contributed by atoms with Crippen LogP contribution >= 0.6 is 11.6 Å². The zero-order valence-corrected chi connectivity index (χ0v) is 33.5. The molecule has 1 aromatic carbocycles. The smallest absolute Gasteiger partial charge is 0.364 e. The zero-order valence-electron chi connectivity index (χ0n) is 32.7. The number of unbranched alkanes of at least 4 members (excludes halogenated alkanes) is 2. The summed E-state index contributed by atoms with van der Waals surface area (Å²) in [5.74, 6) is -5.92. The van der Waals surface area contributed by atoms with E-state index in [0.29, 0.717) is 89.2 Å². The highest BCUT2D eigenvalue weighted by atomic mass is 35.5. The highest BCUT2D eigenvalue weighted by molar-refractivity contribution is 6.30. The van der Waals surface area contributed by atoms with Gasteiger partial charge in [-0.15, -0.1) is 0 Å². The Morgan fingerprint density at radius 2 is 1.40 bits per heavy atom. The molecule has 4 amide bonds. The van der Waals surface area contributed by atoms with Gasteiger partial charge in [0, 0.05) is 44.4 Å². The van der Waals surface area contributed by atoms with Crippen LogP contribution in [0.4, 0.5) is 0 Å². The van der Waals surface area contributed by atoms with Gasteiger partial charge in [0.25, 0.3) is 5.79 Å². The molecule has 2 rings (SSSR count). The van der Waals surface area contributed by atoms with Gasteiger partial charge in [-0.05, 0) is 30.5 Å². The number of carboxylic acids is 1. The van der Waals surface area contributed by atoms with Crippen LogP contribution < -0.4 is 21.3 Å². The van der Waals surface area contributed by atoms with Crippen molar-refractivity contribution in [1.29, 1.82) is 0 Å². The first-order chi connectivity index (χ1) is 27.8. The molecule has 1 aromatic rings. The molecule has 1 saturated heterocycles. The van der Waals surface area contributed by atoms with Crippen LogP contribution in [0.1, 0.15) is 44.6 Å². The fraction of sp³-hybridized carbons (Fsp3) is 0.703. The maximum absolute atomic E-state index is 12.5. The second-order valence-corrected chi connectivity index (χ2v) is 13.7. The predicted molar refractivity (Wildman–Crippen MR) is 204 cm³/mol. The number of rotatable bonds is 31. The lowest BCUT2D eigenvalue weighted by Gasteiger charge is -2.46. The molecule has 1 aliphatic heterocycles. The van der Waals surface area contributed by atoms with Crippen LogP contribution in [0.5, 0.6) is 0 Å². The predicted octanol–water partition coefficient (Wildman–Crippen LogP) is -1.98. The molecule has 0 unspecified atom stereocenters. The number of carboxylic acid groups (broad SMARTS) is 1. The molecule has 1 fully saturated rings. The van der Waals surface area contributed by atoms with Crippen LogP contribution in [0.3, 0.4) is 0 Å². The minimum absolute atomic E-state index is 0.0676. The number of benzene rings is 1. The summed E-state index contributed by atoms with van der Waals surface area (Å²) in [7, 11) is 0. The van der Waals surface area contributed by atoms with Gasteiger partial charge in [0.05, 0.1) is 84.1 Å². The van der Waals surface area contributed by atoms with E-state index in [1.54, 1.807) is 24.3 Å². The first kappa shape index (κ1) is 50.6. The minimum Gasteiger partial charge on any atom is -0.477 e. The third kappa shape index (κ3) is 20.4. The van der Waals surface area contributed by atoms with Crippen LogP contribution in [0, 0.1) is 0 Å². The summed E-state index contributed by atoms with van der Waals surface area (Å²) in [4.78, 5) is 59.9. The van der Waals surface area contributed by atoms with E-state index in [1.807, 2.05) is 0 Å². The average Bonchev–Trinajstić information content (AvgIpc) is 3.19. The molecule has 1 aliphatic rings. The third-order valence-electron chi connectivity index (χ3n) is 8.58. The van der Waals surface area contributed by atoms with Gasteiger partial charge in [-0.1, -0.05) is 30.2 Å². The molecular formula is C37H59ClN4O16. The second kappa shape index (κ2) is 28.8. The number of aliphatic hydroxyl groups is 4. The molecule has 6 atom stereocenters. The first-order valence-corrected chi connectivity index (χ1v) is 19.5. The van der Waals surface area contributed by atoms with E-state index >= 15 is 0 Å². The lowest BCUT2D eigenvalue weighted by Crippen LogP contribution is -2.68. The number of hydrogen-bond donors (Lipinski definition) is 9. The Bertz CT molecular complexity index is 1380. The molecule has 21 heteroatoms. The minimum atomic E-state index is -2.49. The van der Waals surface area contributed by atoms with Crippen molar-refractivity contribution in [3.05, 3.63) is 34.9 Å². The van der Waals surface area contributed by atoms with Crippen molar-refractivity contribution in [3.8, 4) is 0 Å². The van der Waals surface area contributed by atoms with E-state index in [9.17, 15) is 49.5 Å². The van der Waals surface area contributed by atoms with Crippen LogP contribution in [0.15, 0.2) is 24.3 Å². The lowest BCUT2D eigenvalue weighted by atomic mass is 9.88. The monoisotopic (exact) mass is 850 g/mol. The molecule has 0 radical (unpaired) electrons. The topological polar surface area (TPSA) is 290 Å². The number of aliphatic hydroxyl groups excluding tert-OH is 4. The van der Waals surface area contributed by atoms with E-state index in [-0.39, 0.29) is 37.9 Å². The van der Waals surface area contributed by atoms with Gasteiger partial charge < -0.3 is 75.2 Å². The molecule has 0 bridgehead atoms. The fourth-order valence-electron chi connectivity index (χ4n) is 5.57. The quantitative estimate of drug-likeness (QED) is 0.0366. The van der Waals surface area contributed by atoms with Gasteiger partial charge in [0.1, 0.15) is 18.8 Å². The van der Waals surface area contributed by atoms with E-state index in [2.05, 4.69) is 21.3 Å². The largest absolute Gasteiger partial charge is 0.477 e. The summed E-state index contributed by atoms with van der Waals surface area (Å²) in [6, 6.07) is 5.01. The summed E-state index contributed by atoms with van der Waals surface area (Å²) in [6.45, 7) is 3.52. The van der Waals surface area contributed by atoms with Crippen LogP contribution in [-0.2, 0) is 58.8 Å². The second-order valence-electron chi connectivity index (χ2n) is 13.3. The molecular weight excluding hydrogens is 792 g/mol. The maximum atomic E-state index is 12.5. The summed E-state index contributed by atoms with van der Waals surface area (Å²) >= 11 is 5.87. The number of carbonyl (C=O) groups excluding carboxylic acids is 4. The highest BCUT2D eigenvalue weighted by Gasteiger charge is 2.55. The number of ether oxygens (including phenoxy) is 6. The fourth-order valence-corrected chi connectivity index (χ4v) is 5.69. The van der Waals surface area contributed by atoms with Gasteiger partial charge >= 0.3 is 5.97 Å². The van der Waals surface area contributed by atoms with Crippen molar-refractivity contribution >= 4 is 41.2 Å². The van der Waals surface area contributed by atoms with Gasteiger partial charge in [-0.3, -0.25) is 19.2 Å². The molecule has 0 aliphatic carbocycles. The molecule has 1 heterocycles. The van der Waals surface area contributed by atoms with Gasteiger partial charge in [0.2, 0.25) is 23.6 Å². The number of hydrogen-bond acceptors (Lipinski definition) is 15. The van der Waals surface area contributed by atoms with Crippen LogP contribution in [0.25, 0.3) is 0 Å². The van der Waals surface area contributed by atoms with Crippen molar-refractivity contribution < 1.29 is 77.9 Å². The molecule has 0 aromatic heterocycles. The molecule has 0 spiro atoms. The Morgan fingerprint density at radius 1 is 0.810 bits per heavy atom. The summed E-state index contributed by atoms with van der Waals surface area (Å²) in [6.07, 6.45) is -6.48. The van der Waals surface area contributed by atoms with E-state index < -0.39 is 73.6 Å². The highest BCUT2D eigenvalue weighted by Crippen LogP contribution is 2.34. The normalized spacial score (nSPS) is 20.1. The number of aliphatic carboxylic acids is 1. The molecule has 20 nitrogen and oxygen atoms in total. The van der Waals surface area contributed by atoms with Gasteiger partial charge in [-0.25, -0.2) is 4.79 Å². The number of amides is 4. The Balaban J connectivity index is 1.69. The Hall–Kier alpha value is -3.54. The van der Waals surface area contributed by atoms with E-state index in [1.165, 1.54) is 6.92 Å². The number of nitrogens with one attached hydrogen (secondary N) is 4. The standard InChI is InChI=1S/C37H59ClN4O16/c1-25(44)39-10-13-53-15-17-55-19-20-56-18-16-54-14-11-40-30(47)5-3-2-4-12-57-37(36(51)52)22-28(45)33(42-32(49)24-43)35(58-37)34(50)29(46)23-41-31(48)21-26-6-8-27(38)9-7-26/h6-9,28-29,33-35,43,45-46,50H,2-5,10-24H2,1H3,(H,39,44)(H,40,47)(H,41,48)(H,42,49)(H,51,52)/t28-,29+,33+,34+,35+,37+/m0/s1. The van der Waals surface area contributed by atoms with Crippen molar-refractivity contribution in [2.45, 2.75) is 81.7 Å². The summed E-state index contributed by atoms with van der Waals surface area (Å²) in [5, 5.41) is 62.8. The van der Waals surface area contributed by atoms with Crippen molar-refractivity contribution in [3.63, 3.8) is 0 Å². The van der Waals surface area contributed by atoms with Crippen molar-refractivity contribution in [2.24, 2.45) is 0 Å². The Kier molecular flexibility index (Phi) is 25.1. The van der Waals surface area contributed by atoms with Gasteiger partial charge in [0.15, 0.2) is 0 Å². The maximum Gasteiger partial charge on any atom is 0.364 e. The zero-order chi connectivity index (χ0) is 42.8. The molecule has 0 saturated carbocycles. The Morgan fingerprint density at radius 3 is 1.97 bits per heavy atom. The van der Waals surface area contributed by atoms with E-state index in [4.69, 9.17) is 40.0 Å². The SMILES string of the molecule is CC(=O)NCCOCCOCCOCCOCCNC(=O)CCCCCO[C@]1(C(=O)O)C[C@H](O)[C@@H](NC(=O)CO)[C@H]([C@H](O)[C@H](O)CNC(=O)Cc2ccc(Cl)cc2)O1. The van der Waals surface area contributed by atoms with Crippen LogP contribution in [-0.4, -0.2) is 177 Å². The average molecular weight is 851 g/mol. The number of halogens is 1. The van der Waals surface area contributed by atoms with Crippen molar-refractivity contribution in [1.82, 2.24) is 21.3 Å². The van der Waals surface area contributed by atoms with Crippen LogP contribution in [0.2, 0.25) is 5.02 Å². The molecule has 9 N–H and O–H groups in total. The van der Waals surface area contributed by atoms with Gasteiger partial charge in [-0.2, -0.15) is 0 Å². The third-order valence-corrected chi connectivity index (χ3v) is 8.83. The summed E-state index contributed by atoms with van der Waals surface area (Å²) in [5.41, 5.74) is 0.629. The van der Waals surface area contributed by atoms with E-state index in [0.717, 1.165) is 0 Å². The van der Waals surface area contributed by atoms with Crippen molar-refractivity contribution in [2.75, 3.05) is 85.7 Å².